The summed E-state index contributed by atoms with van der Waals surface area (Å²) < 4.78 is 25.6. The number of hydrogen-bond acceptors (Lipinski definition) is 3. The highest BCUT2D eigenvalue weighted by Crippen LogP contribution is 2.25. The van der Waals surface area contributed by atoms with Gasteiger partial charge in [0.1, 0.15) is 6.61 Å². The molecule has 1 rings (SSSR count). The highest BCUT2D eigenvalue weighted by atomic mass is 79.9. The summed E-state index contributed by atoms with van der Waals surface area (Å²) in [4.78, 5) is 7.02. The topological polar surface area (TPSA) is 46.0 Å². The van der Waals surface area contributed by atoms with Crippen LogP contribution in [0.5, 0.6) is 0 Å². The third kappa shape index (κ3) is 1.95. The van der Waals surface area contributed by atoms with E-state index in [2.05, 4.69) is 25.9 Å². The number of rotatable bonds is 2. The molecule has 0 aliphatic carbocycles. The van der Waals surface area contributed by atoms with Crippen molar-refractivity contribution in [1.82, 2.24) is 9.97 Å². The molecule has 0 atom stereocenters. The summed E-state index contributed by atoms with van der Waals surface area (Å²) >= 11 is 2.90. The Morgan fingerprint density at radius 2 is 1.92 bits per heavy atom. The van der Waals surface area contributed by atoms with E-state index < -0.39 is 18.1 Å². The molecule has 0 aliphatic rings. The number of halogens is 3. The third-order valence-corrected chi connectivity index (χ3v) is 1.65. The number of aliphatic hydroxyl groups excluding tert-OH is 1. The van der Waals surface area contributed by atoms with Gasteiger partial charge in [-0.25, -0.2) is 9.97 Å². The summed E-state index contributed by atoms with van der Waals surface area (Å²) in [5, 5.41) is 8.30. The molecule has 1 heterocycles. The first-order valence-corrected chi connectivity index (χ1v) is 3.82. The van der Waals surface area contributed by atoms with Crippen LogP contribution in [0.1, 0.15) is 5.56 Å². The molecule has 1 aromatic rings. The Morgan fingerprint density at radius 1 is 1.42 bits per heavy atom. The van der Waals surface area contributed by atoms with E-state index in [1.165, 1.54) is 0 Å². The van der Waals surface area contributed by atoms with Gasteiger partial charge in [-0.1, -0.05) is 0 Å². The highest BCUT2D eigenvalue weighted by Gasteiger charge is 2.31. The van der Waals surface area contributed by atoms with Gasteiger partial charge in [0.05, 0.1) is 5.56 Å². The lowest BCUT2D eigenvalue weighted by molar-refractivity contribution is -0.0561. The maximum Gasteiger partial charge on any atom is 0.298 e. The summed E-state index contributed by atoms with van der Waals surface area (Å²) in [6.45, 7) is -1.24. The second-order valence-electron chi connectivity index (χ2n) is 2.10. The Kier molecular flexibility index (Phi) is 2.69. The van der Waals surface area contributed by atoms with E-state index in [1.54, 1.807) is 0 Å². The van der Waals surface area contributed by atoms with Crippen LogP contribution in [-0.4, -0.2) is 21.7 Å². The van der Waals surface area contributed by atoms with Crippen LogP contribution in [0.15, 0.2) is 17.1 Å². The van der Waals surface area contributed by atoms with Gasteiger partial charge in [0, 0.05) is 12.4 Å². The second kappa shape index (κ2) is 3.40. The third-order valence-electron chi connectivity index (χ3n) is 1.24. The van der Waals surface area contributed by atoms with Crippen LogP contribution in [-0.2, 0) is 5.92 Å². The standard InChI is InChI=1S/C6H5BrF2N2O/c7-5-10-1-4(2-11-5)6(8,9)3-12/h1-2,12H,3H2. The van der Waals surface area contributed by atoms with Crippen molar-refractivity contribution < 1.29 is 13.9 Å². The monoisotopic (exact) mass is 238 g/mol. The van der Waals surface area contributed by atoms with Gasteiger partial charge < -0.3 is 5.11 Å². The Hall–Kier alpha value is -0.620. The molecule has 0 unspecified atom stereocenters. The fourth-order valence-corrected chi connectivity index (χ4v) is 0.797. The second-order valence-corrected chi connectivity index (χ2v) is 2.81. The van der Waals surface area contributed by atoms with Crippen LogP contribution in [0.25, 0.3) is 0 Å². The lowest BCUT2D eigenvalue weighted by Crippen LogP contribution is -2.18. The molecule has 1 aromatic heterocycles. The van der Waals surface area contributed by atoms with Gasteiger partial charge in [-0.05, 0) is 15.9 Å². The lowest BCUT2D eigenvalue weighted by Gasteiger charge is -2.11. The first-order chi connectivity index (χ1) is 5.56. The predicted octanol–water partition coefficient (Wildman–Crippen LogP) is 1.32. The Balaban J connectivity index is 2.96. The van der Waals surface area contributed by atoms with E-state index in [-0.39, 0.29) is 4.73 Å². The lowest BCUT2D eigenvalue weighted by atomic mass is 10.2. The molecule has 3 nitrogen and oxygen atoms in total. The molecule has 12 heavy (non-hydrogen) atoms. The Labute approximate surface area is 75.6 Å². The first kappa shape index (κ1) is 9.47. The van der Waals surface area contributed by atoms with Crippen molar-refractivity contribution in [3.05, 3.63) is 22.7 Å². The zero-order valence-corrected chi connectivity index (χ0v) is 7.42. The minimum absolute atomic E-state index is 0.236. The highest BCUT2D eigenvalue weighted by molar-refractivity contribution is 9.10. The zero-order chi connectivity index (χ0) is 9.19. The predicted molar refractivity (Wildman–Crippen MR) is 40.7 cm³/mol. The normalized spacial score (nSPS) is 11.7. The molecular formula is C6H5BrF2N2O. The molecule has 0 aromatic carbocycles. The summed E-state index contributed by atoms with van der Waals surface area (Å²) in [7, 11) is 0. The van der Waals surface area contributed by atoms with Crippen molar-refractivity contribution in [3.8, 4) is 0 Å². The van der Waals surface area contributed by atoms with Gasteiger partial charge in [-0.3, -0.25) is 0 Å². The molecular weight excluding hydrogens is 234 g/mol. The molecule has 0 bridgehead atoms. The van der Waals surface area contributed by atoms with Crippen LogP contribution in [0.4, 0.5) is 8.78 Å². The summed E-state index contributed by atoms with van der Waals surface area (Å²) in [6.07, 6.45) is 1.93. The number of aromatic nitrogens is 2. The van der Waals surface area contributed by atoms with Crippen molar-refractivity contribution in [2.24, 2.45) is 0 Å². The van der Waals surface area contributed by atoms with Crippen LogP contribution in [0.3, 0.4) is 0 Å². The molecule has 1 N–H and O–H groups in total. The maximum absolute atomic E-state index is 12.7. The van der Waals surface area contributed by atoms with Crippen LogP contribution < -0.4 is 0 Å². The molecule has 0 aliphatic heterocycles. The molecule has 0 amide bonds. The van der Waals surface area contributed by atoms with Crippen molar-refractivity contribution >= 4 is 15.9 Å². The van der Waals surface area contributed by atoms with E-state index >= 15 is 0 Å². The Bertz CT molecular complexity index is 265. The van der Waals surface area contributed by atoms with Gasteiger partial charge in [-0.15, -0.1) is 0 Å². The van der Waals surface area contributed by atoms with Crippen molar-refractivity contribution in [3.63, 3.8) is 0 Å². The van der Waals surface area contributed by atoms with E-state index in [4.69, 9.17) is 5.11 Å². The van der Waals surface area contributed by atoms with Gasteiger partial charge in [0.2, 0.25) is 0 Å². The molecule has 6 heteroatoms. The molecule has 0 saturated carbocycles. The average molecular weight is 239 g/mol. The summed E-state index contributed by atoms with van der Waals surface area (Å²) in [5.74, 6) is -3.26. The first-order valence-electron chi connectivity index (χ1n) is 3.03. The number of alkyl halides is 2. The fraction of sp³-hybridized carbons (Fsp3) is 0.333. The van der Waals surface area contributed by atoms with Gasteiger partial charge in [-0.2, -0.15) is 8.78 Å². The maximum atomic E-state index is 12.7. The summed E-state index contributed by atoms with van der Waals surface area (Å²) in [6, 6.07) is 0. The number of hydrogen-bond donors (Lipinski definition) is 1. The summed E-state index contributed by atoms with van der Waals surface area (Å²) in [5.41, 5.74) is -0.395. The van der Waals surface area contributed by atoms with Crippen molar-refractivity contribution in [2.45, 2.75) is 5.92 Å². The van der Waals surface area contributed by atoms with E-state index in [1.807, 2.05) is 0 Å². The molecule has 0 spiro atoms. The minimum atomic E-state index is -3.26. The van der Waals surface area contributed by atoms with Gasteiger partial charge in [0.25, 0.3) is 5.92 Å². The minimum Gasteiger partial charge on any atom is -0.390 e. The van der Waals surface area contributed by atoms with Crippen LogP contribution >= 0.6 is 15.9 Å². The van der Waals surface area contributed by atoms with Crippen LogP contribution in [0.2, 0.25) is 0 Å². The zero-order valence-electron chi connectivity index (χ0n) is 5.84. The van der Waals surface area contributed by atoms with E-state index in [0.29, 0.717) is 0 Å². The molecule has 66 valence electrons. The Morgan fingerprint density at radius 3 is 2.33 bits per heavy atom. The van der Waals surface area contributed by atoms with Gasteiger partial charge in [0.15, 0.2) is 4.73 Å². The molecule has 0 saturated heterocycles. The van der Waals surface area contributed by atoms with Crippen molar-refractivity contribution in [2.75, 3.05) is 6.61 Å². The van der Waals surface area contributed by atoms with E-state index in [9.17, 15) is 8.78 Å². The van der Waals surface area contributed by atoms with E-state index in [0.717, 1.165) is 12.4 Å². The number of aliphatic hydroxyl groups is 1. The average Bonchev–Trinajstić information content (AvgIpc) is 2.05. The molecule has 0 fully saturated rings. The molecule has 0 radical (unpaired) electrons. The van der Waals surface area contributed by atoms with Crippen molar-refractivity contribution in [1.29, 1.82) is 0 Å². The quantitative estimate of drug-likeness (QED) is 0.791. The van der Waals surface area contributed by atoms with Gasteiger partial charge >= 0.3 is 0 Å². The smallest absolute Gasteiger partial charge is 0.298 e. The van der Waals surface area contributed by atoms with Crippen LogP contribution in [0, 0.1) is 0 Å². The SMILES string of the molecule is OCC(F)(F)c1cnc(Br)nc1. The number of nitrogens with zero attached hydrogens (tertiary/aromatic N) is 2. The largest absolute Gasteiger partial charge is 0.390 e. The fourth-order valence-electron chi connectivity index (χ4n) is 0.592.